The quantitative estimate of drug-likeness (QED) is 0.789. The van der Waals surface area contributed by atoms with Gasteiger partial charge in [-0.25, -0.2) is 4.39 Å². The van der Waals surface area contributed by atoms with Crippen molar-refractivity contribution in [2.24, 2.45) is 5.73 Å². The number of nitrogens with two attached hydrogens (primary N) is 1. The Hall–Kier alpha value is -1.15. The van der Waals surface area contributed by atoms with Crippen molar-refractivity contribution in [3.63, 3.8) is 0 Å². The fraction of sp³-hybridized carbons (Fsp3) is 0.385. The molecular formula is C13H18ClFN4OS. The molecule has 2 aromatic rings. The minimum atomic E-state index is -0.434. The molecule has 0 fully saturated rings. The Bertz CT molecular complexity index is 562. The molecular weight excluding hydrogens is 315 g/mol. The van der Waals surface area contributed by atoms with Crippen LogP contribution in [-0.2, 0) is 6.42 Å². The number of hydrogen-bond donors (Lipinski definition) is 2. The molecule has 21 heavy (non-hydrogen) atoms. The van der Waals surface area contributed by atoms with Crippen LogP contribution in [0.15, 0.2) is 29.4 Å². The Morgan fingerprint density at radius 3 is 2.57 bits per heavy atom. The van der Waals surface area contributed by atoms with Gasteiger partial charge in [-0.05, 0) is 37.7 Å². The highest BCUT2D eigenvalue weighted by Crippen LogP contribution is 2.23. The van der Waals surface area contributed by atoms with Gasteiger partial charge in [-0.15, -0.1) is 22.6 Å². The molecule has 1 aromatic carbocycles. The molecule has 8 heteroatoms. The first-order chi connectivity index (χ1) is 9.61. The van der Waals surface area contributed by atoms with E-state index in [-0.39, 0.29) is 18.2 Å². The zero-order valence-corrected chi connectivity index (χ0v) is 13.2. The first kappa shape index (κ1) is 17.9. The molecule has 0 saturated carbocycles. The molecule has 1 heterocycles. The topological polar surface area (TPSA) is 77.0 Å². The predicted molar refractivity (Wildman–Crippen MR) is 83.7 cm³/mol. The van der Waals surface area contributed by atoms with Crippen LogP contribution in [0.2, 0.25) is 0 Å². The van der Waals surface area contributed by atoms with Crippen molar-refractivity contribution in [2.45, 2.75) is 24.6 Å². The van der Waals surface area contributed by atoms with Crippen molar-refractivity contribution in [1.82, 2.24) is 14.8 Å². The van der Waals surface area contributed by atoms with Crippen LogP contribution in [0.1, 0.15) is 12.7 Å². The van der Waals surface area contributed by atoms with E-state index in [4.69, 9.17) is 5.73 Å². The van der Waals surface area contributed by atoms with Crippen LogP contribution in [-0.4, -0.2) is 38.3 Å². The van der Waals surface area contributed by atoms with Crippen molar-refractivity contribution in [3.05, 3.63) is 35.9 Å². The van der Waals surface area contributed by atoms with Gasteiger partial charge in [0.25, 0.3) is 0 Å². The van der Waals surface area contributed by atoms with Gasteiger partial charge in [0.05, 0.1) is 6.10 Å². The first-order valence-electron chi connectivity index (χ1n) is 6.33. The van der Waals surface area contributed by atoms with Crippen LogP contribution in [0.25, 0.3) is 5.69 Å². The lowest BCUT2D eigenvalue weighted by molar-refractivity contribution is 0.220. The van der Waals surface area contributed by atoms with Gasteiger partial charge in [0, 0.05) is 17.9 Å². The molecule has 0 spiro atoms. The van der Waals surface area contributed by atoms with E-state index >= 15 is 0 Å². The van der Waals surface area contributed by atoms with Crippen LogP contribution >= 0.6 is 24.2 Å². The largest absolute Gasteiger partial charge is 0.393 e. The number of thioether (sulfide) groups is 1. The number of hydrogen-bond acceptors (Lipinski definition) is 5. The number of aliphatic hydroxyl groups excluding tert-OH is 1. The van der Waals surface area contributed by atoms with E-state index in [0.717, 1.165) is 11.5 Å². The average Bonchev–Trinajstić information content (AvgIpc) is 2.81. The third-order valence-corrected chi connectivity index (χ3v) is 3.78. The van der Waals surface area contributed by atoms with Crippen LogP contribution in [0, 0.1) is 5.82 Å². The zero-order valence-electron chi connectivity index (χ0n) is 11.6. The lowest BCUT2D eigenvalue weighted by Gasteiger charge is -2.10. The monoisotopic (exact) mass is 332 g/mol. The maximum atomic E-state index is 13.0. The number of aromatic nitrogens is 3. The first-order valence-corrected chi connectivity index (χ1v) is 7.31. The second-order valence-electron chi connectivity index (χ2n) is 4.41. The maximum absolute atomic E-state index is 13.0. The number of rotatable bonds is 6. The molecule has 2 rings (SSSR count). The molecule has 0 bridgehead atoms. The smallest absolute Gasteiger partial charge is 0.195 e. The highest BCUT2D eigenvalue weighted by Gasteiger charge is 2.14. The molecule has 116 valence electrons. The molecule has 0 aliphatic rings. The van der Waals surface area contributed by atoms with Gasteiger partial charge in [0.2, 0.25) is 0 Å². The van der Waals surface area contributed by atoms with E-state index < -0.39 is 6.10 Å². The van der Waals surface area contributed by atoms with Gasteiger partial charge in [-0.2, -0.15) is 0 Å². The summed E-state index contributed by atoms with van der Waals surface area (Å²) in [5.41, 5.74) is 6.36. The second kappa shape index (κ2) is 8.33. The summed E-state index contributed by atoms with van der Waals surface area (Å²) in [5.74, 6) is 0.953. The summed E-state index contributed by atoms with van der Waals surface area (Å²) < 4.78 is 14.9. The number of benzene rings is 1. The Morgan fingerprint density at radius 1 is 1.33 bits per heavy atom. The standard InChI is InChI=1S/C13H17FN4OS.ClH/c1-9(19)8-20-13-17-16-12(6-7-15)18(13)11-4-2-10(14)3-5-11;/h2-5,9,19H,6-8,15H2,1H3;1H. The summed E-state index contributed by atoms with van der Waals surface area (Å²) >= 11 is 1.41. The minimum absolute atomic E-state index is 0. The van der Waals surface area contributed by atoms with Gasteiger partial charge in [-0.1, -0.05) is 11.8 Å². The highest BCUT2D eigenvalue weighted by atomic mass is 35.5. The van der Waals surface area contributed by atoms with Gasteiger partial charge < -0.3 is 10.8 Å². The predicted octanol–water partition coefficient (Wildman–Crippen LogP) is 1.80. The molecule has 0 amide bonds. The second-order valence-corrected chi connectivity index (χ2v) is 5.40. The number of halogens is 2. The van der Waals surface area contributed by atoms with Crippen LogP contribution in [0.4, 0.5) is 4.39 Å². The summed E-state index contributed by atoms with van der Waals surface area (Å²) in [7, 11) is 0. The fourth-order valence-corrected chi connectivity index (χ4v) is 2.56. The van der Waals surface area contributed by atoms with E-state index in [9.17, 15) is 9.50 Å². The van der Waals surface area contributed by atoms with Crippen LogP contribution in [0.5, 0.6) is 0 Å². The summed E-state index contributed by atoms with van der Waals surface area (Å²) in [6, 6.07) is 6.13. The van der Waals surface area contributed by atoms with Crippen molar-refractivity contribution in [2.75, 3.05) is 12.3 Å². The Labute approximate surface area is 133 Å². The van der Waals surface area contributed by atoms with Gasteiger partial charge in [0.15, 0.2) is 5.16 Å². The number of aliphatic hydroxyl groups is 1. The van der Waals surface area contributed by atoms with E-state index in [2.05, 4.69) is 10.2 Å². The summed E-state index contributed by atoms with van der Waals surface area (Å²) in [6.07, 6.45) is 0.149. The molecule has 3 N–H and O–H groups in total. The van der Waals surface area contributed by atoms with Crippen molar-refractivity contribution < 1.29 is 9.50 Å². The molecule has 1 aromatic heterocycles. The zero-order chi connectivity index (χ0) is 14.5. The average molecular weight is 333 g/mol. The van der Waals surface area contributed by atoms with Crippen molar-refractivity contribution in [3.8, 4) is 5.69 Å². The Kier molecular flexibility index (Phi) is 7.10. The van der Waals surface area contributed by atoms with Crippen LogP contribution < -0.4 is 5.73 Å². The summed E-state index contributed by atoms with van der Waals surface area (Å²) in [4.78, 5) is 0. The summed E-state index contributed by atoms with van der Waals surface area (Å²) in [5, 5.41) is 18.3. The molecule has 1 atom stereocenters. The molecule has 0 radical (unpaired) electrons. The highest BCUT2D eigenvalue weighted by molar-refractivity contribution is 7.99. The van der Waals surface area contributed by atoms with Crippen molar-refractivity contribution >= 4 is 24.2 Å². The van der Waals surface area contributed by atoms with E-state index in [1.54, 1.807) is 19.1 Å². The fourth-order valence-electron chi connectivity index (χ4n) is 1.73. The lowest BCUT2D eigenvalue weighted by atomic mass is 10.3. The maximum Gasteiger partial charge on any atom is 0.195 e. The summed E-state index contributed by atoms with van der Waals surface area (Å²) in [6.45, 7) is 2.17. The number of nitrogens with zero attached hydrogens (tertiary/aromatic N) is 3. The Balaban J connectivity index is 0.00000220. The Morgan fingerprint density at radius 2 is 2.00 bits per heavy atom. The van der Waals surface area contributed by atoms with Crippen LogP contribution in [0.3, 0.4) is 0 Å². The lowest BCUT2D eigenvalue weighted by Crippen LogP contribution is -2.10. The third-order valence-electron chi connectivity index (χ3n) is 2.61. The van der Waals surface area contributed by atoms with Crippen molar-refractivity contribution in [1.29, 1.82) is 0 Å². The van der Waals surface area contributed by atoms with E-state index in [1.165, 1.54) is 23.9 Å². The van der Waals surface area contributed by atoms with E-state index in [0.29, 0.717) is 23.9 Å². The normalized spacial score (nSPS) is 12.0. The van der Waals surface area contributed by atoms with Gasteiger partial charge >= 0.3 is 0 Å². The van der Waals surface area contributed by atoms with Gasteiger partial charge in [0.1, 0.15) is 11.6 Å². The molecule has 0 aliphatic heterocycles. The SMILES string of the molecule is CC(O)CSc1nnc(CCN)n1-c1ccc(F)cc1.Cl. The third kappa shape index (κ3) is 4.67. The molecule has 0 saturated heterocycles. The van der Waals surface area contributed by atoms with Gasteiger partial charge in [-0.3, -0.25) is 4.57 Å². The van der Waals surface area contributed by atoms with E-state index in [1.807, 2.05) is 4.57 Å². The minimum Gasteiger partial charge on any atom is -0.393 e. The molecule has 1 unspecified atom stereocenters. The molecule has 0 aliphatic carbocycles. The molecule has 5 nitrogen and oxygen atoms in total.